The van der Waals surface area contributed by atoms with E-state index in [1.165, 1.54) is 5.39 Å². The predicted molar refractivity (Wildman–Crippen MR) is 181 cm³/mol. The van der Waals surface area contributed by atoms with Crippen molar-refractivity contribution in [3.8, 4) is 28.1 Å². The molecule has 0 spiro atoms. The van der Waals surface area contributed by atoms with Gasteiger partial charge in [-0.3, -0.25) is 4.57 Å². The number of anilines is 3. The number of rotatable bonds is 2. The average molecular weight is 578 g/mol. The molecule has 0 amide bonds. The number of imidazole rings is 1. The molecule has 6 aromatic carbocycles. The van der Waals surface area contributed by atoms with Crippen molar-refractivity contribution >= 4 is 61.5 Å². The Balaban J connectivity index is 1.38. The van der Waals surface area contributed by atoms with E-state index in [0.717, 1.165) is 72.6 Å². The van der Waals surface area contributed by atoms with Crippen molar-refractivity contribution in [1.29, 1.82) is 0 Å². The van der Waals surface area contributed by atoms with E-state index in [1.807, 2.05) is 42.5 Å². The molecule has 3 aromatic heterocycles. The third-order valence-electron chi connectivity index (χ3n) is 8.76. The molecule has 0 aliphatic carbocycles. The molecule has 1 aliphatic rings. The van der Waals surface area contributed by atoms with Gasteiger partial charge in [0.25, 0.3) is 0 Å². The van der Waals surface area contributed by atoms with Crippen LogP contribution < -0.4 is 4.90 Å². The molecule has 0 unspecified atom stereocenters. The molecule has 0 bridgehead atoms. The highest BCUT2D eigenvalue weighted by atomic mass is 16.3. The van der Waals surface area contributed by atoms with Crippen LogP contribution >= 0.6 is 0 Å². The second kappa shape index (κ2) is 9.11. The van der Waals surface area contributed by atoms with Crippen molar-refractivity contribution in [2.24, 2.45) is 0 Å². The number of nitrogens with zero attached hydrogens (tertiary/aromatic N) is 5. The molecular formula is C39H23N5O. The number of aromatic nitrogens is 4. The summed E-state index contributed by atoms with van der Waals surface area (Å²) in [5.74, 6) is 1.25. The van der Waals surface area contributed by atoms with Crippen LogP contribution in [0.2, 0.25) is 0 Å². The third-order valence-corrected chi connectivity index (χ3v) is 8.76. The largest absolute Gasteiger partial charge is 0.452 e. The molecule has 6 nitrogen and oxygen atoms in total. The molecule has 9 aromatic rings. The fourth-order valence-electron chi connectivity index (χ4n) is 6.77. The summed E-state index contributed by atoms with van der Waals surface area (Å²) < 4.78 is 8.70. The normalized spacial score (nSPS) is 12.4. The van der Waals surface area contributed by atoms with E-state index in [-0.39, 0.29) is 0 Å². The van der Waals surface area contributed by atoms with Crippen LogP contribution in [0, 0.1) is 0 Å². The molecule has 0 saturated carbocycles. The summed E-state index contributed by atoms with van der Waals surface area (Å²) in [6.07, 6.45) is 0. The topological polar surface area (TPSA) is 60.0 Å². The van der Waals surface area contributed by atoms with Crippen molar-refractivity contribution in [1.82, 2.24) is 19.5 Å². The highest BCUT2D eigenvalue weighted by Crippen LogP contribution is 2.49. The summed E-state index contributed by atoms with van der Waals surface area (Å²) in [5, 5.41) is 3.26. The average Bonchev–Trinajstić information content (AvgIpc) is 3.63. The number of furan rings is 1. The van der Waals surface area contributed by atoms with Gasteiger partial charge in [-0.1, -0.05) is 109 Å². The van der Waals surface area contributed by atoms with Gasteiger partial charge in [-0.25, -0.2) is 19.9 Å². The highest BCUT2D eigenvalue weighted by Gasteiger charge is 2.32. The Labute approximate surface area is 257 Å². The molecular weight excluding hydrogens is 554 g/mol. The predicted octanol–water partition coefficient (Wildman–Crippen LogP) is 9.99. The molecule has 45 heavy (non-hydrogen) atoms. The SMILES string of the molecule is c1ccc(-c2nc(N3c4ccccc4-c4ccc5ccccc5c4-n4c3nc3ccccc34)nc3c2oc2ccccc23)cc1. The van der Waals surface area contributed by atoms with Crippen LogP contribution in [0.15, 0.2) is 144 Å². The van der Waals surface area contributed by atoms with E-state index in [9.17, 15) is 0 Å². The first kappa shape index (κ1) is 24.2. The van der Waals surface area contributed by atoms with Crippen LogP contribution in [0.4, 0.5) is 17.6 Å². The van der Waals surface area contributed by atoms with Gasteiger partial charge in [0, 0.05) is 27.5 Å². The summed E-state index contributed by atoms with van der Waals surface area (Å²) in [7, 11) is 0. The lowest BCUT2D eigenvalue weighted by atomic mass is 9.97. The number of hydrogen-bond donors (Lipinski definition) is 0. The smallest absolute Gasteiger partial charge is 0.238 e. The molecule has 0 saturated heterocycles. The van der Waals surface area contributed by atoms with Crippen LogP contribution in [0.3, 0.4) is 0 Å². The van der Waals surface area contributed by atoms with Crippen LogP contribution in [0.25, 0.3) is 71.9 Å². The zero-order chi connectivity index (χ0) is 29.5. The van der Waals surface area contributed by atoms with Crippen LogP contribution in [0.5, 0.6) is 0 Å². The number of fused-ring (bicyclic) bond motifs is 12. The minimum absolute atomic E-state index is 0.522. The fourth-order valence-corrected chi connectivity index (χ4v) is 6.77. The third kappa shape index (κ3) is 3.42. The van der Waals surface area contributed by atoms with Crippen LogP contribution in [0.1, 0.15) is 0 Å². The Bertz CT molecular complexity index is 2620. The fraction of sp³-hybridized carbons (Fsp3) is 0. The van der Waals surface area contributed by atoms with Crippen molar-refractivity contribution in [2.45, 2.75) is 0 Å². The maximum atomic E-state index is 6.43. The lowest BCUT2D eigenvalue weighted by Crippen LogP contribution is -2.17. The van der Waals surface area contributed by atoms with Crippen molar-refractivity contribution < 1.29 is 4.42 Å². The van der Waals surface area contributed by atoms with E-state index in [2.05, 4.69) is 107 Å². The Hall–Kier alpha value is -6.27. The Morgan fingerprint density at radius 3 is 2.24 bits per heavy atom. The standard InChI is InChI=1S/C39H23N5O/c1-2-13-25(14-3-1)34-37-35(29-17-7-11-21-33(29)45-37)42-38(41-34)44-31-19-9-6-16-27(31)28-23-22-24-12-4-5-15-26(24)36(28)43-32-20-10-8-18-30(32)40-39(43)44/h1-23H. The minimum atomic E-state index is 0.522. The van der Waals surface area contributed by atoms with E-state index in [4.69, 9.17) is 19.4 Å². The van der Waals surface area contributed by atoms with Gasteiger partial charge in [-0.2, -0.15) is 0 Å². The maximum Gasteiger partial charge on any atom is 0.238 e. The quantitative estimate of drug-likeness (QED) is 0.205. The summed E-state index contributed by atoms with van der Waals surface area (Å²) in [5.41, 5.74) is 10.0. The van der Waals surface area contributed by atoms with Gasteiger partial charge in [-0.05, 0) is 35.7 Å². The zero-order valence-electron chi connectivity index (χ0n) is 23.9. The van der Waals surface area contributed by atoms with Gasteiger partial charge in [-0.15, -0.1) is 0 Å². The van der Waals surface area contributed by atoms with Crippen molar-refractivity contribution in [2.75, 3.05) is 4.90 Å². The van der Waals surface area contributed by atoms with Gasteiger partial charge in [0.2, 0.25) is 11.9 Å². The first-order valence-corrected chi connectivity index (χ1v) is 15.0. The summed E-state index contributed by atoms with van der Waals surface area (Å²) in [4.78, 5) is 18.0. The highest BCUT2D eigenvalue weighted by molar-refractivity contribution is 6.08. The zero-order valence-corrected chi connectivity index (χ0v) is 23.9. The molecule has 0 atom stereocenters. The first-order valence-electron chi connectivity index (χ1n) is 15.0. The summed E-state index contributed by atoms with van der Waals surface area (Å²) in [6.45, 7) is 0. The second-order valence-corrected chi connectivity index (χ2v) is 11.3. The van der Waals surface area contributed by atoms with Gasteiger partial charge in [0.05, 0.1) is 22.4 Å². The molecule has 6 heteroatoms. The molecule has 0 N–H and O–H groups in total. The van der Waals surface area contributed by atoms with E-state index in [1.54, 1.807) is 0 Å². The monoisotopic (exact) mass is 577 g/mol. The molecule has 0 radical (unpaired) electrons. The number of hydrogen-bond acceptors (Lipinski definition) is 5. The maximum absolute atomic E-state index is 6.43. The minimum Gasteiger partial charge on any atom is -0.452 e. The van der Waals surface area contributed by atoms with Crippen molar-refractivity contribution in [3.63, 3.8) is 0 Å². The molecule has 1 aliphatic heterocycles. The number of para-hydroxylation sites is 4. The molecule has 210 valence electrons. The summed E-state index contributed by atoms with van der Waals surface area (Å²) in [6, 6.07) is 47.9. The van der Waals surface area contributed by atoms with Crippen molar-refractivity contribution in [3.05, 3.63) is 140 Å². The lowest BCUT2D eigenvalue weighted by Gasteiger charge is -2.23. The number of benzene rings is 6. The van der Waals surface area contributed by atoms with E-state index in [0.29, 0.717) is 11.5 Å². The van der Waals surface area contributed by atoms with Gasteiger partial charge >= 0.3 is 0 Å². The summed E-state index contributed by atoms with van der Waals surface area (Å²) >= 11 is 0. The van der Waals surface area contributed by atoms with Crippen LogP contribution in [-0.2, 0) is 0 Å². The van der Waals surface area contributed by atoms with E-state index >= 15 is 0 Å². The first-order chi connectivity index (χ1) is 22.3. The Kier molecular flexibility index (Phi) is 4.90. The van der Waals surface area contributed by atoms with Gasteiger partial charge < -0.3 is 4.42 Å². The molecule has 10 rings (SSSR count). The second-order valence-electron chi connectivity index (χ2n) is 11.3. The Morgan fingerprint density at radius 1 is 0.556 bits per heavy atom. The Morgan fingerprint density at radius 2 is 1.31 bits per heavy atom. The lowest BCUT2D eigenvalue weighted by molar-refractivity contribution is 0.667. The molecule has 4 heterocycles. The van der Waals surface area contributed by atoms with E-state index < -0.39 is 0 Å². The van der Waals surface area contributed by atoms with Gasteiger partial charge in [0.1, 0.15) is 16.8 Å². The van der Waals surface area contributed by atoms with Crippen LogP contribution in [-0.4, -0.2) is 19.5 Å². The molecule has 0 fully saturated rings. The van der Waals surface area contributed by atoms with Gasteiger partial charge in [0.15, 0.2) is 5.58 Å².